The molecule has 1 amide bonds. The lowest BCUT2D eigenvalue weighted by Gasteiger charge is -2.32. The van der Waals surface area contributed by atoms with Crippen molar-refractivity contribution in [2.45, 2.75) is 38.1 Å². The second kappa shape index (κ2) is 8.31. The SMILES string of the molecule is COc1ccc2c(CC(=O)N3CCC(NCC4CC4)CC3)coc2c1.Cl. The van der Waals surface area contributed by atoms with Crippen molar-refractivity contribution in [1.29, 1.82) is 0 Å². The number of carbonyl (C=O) groups excluding carboxylic acids is 1. The van der Waals surface area contributed by atoms with Crippen LogP contribution in [0.4, 0.5) is 0 Å². The summed E-state index contributed by atoms with van der Waals surface area (Å²) >= 11 is 0. The van der Waals surface area contributed by atoms with Gasteiger partial charge in [-0.2, -0.15) is 0 Å². The molecule has 1 aromatic carbocycles. The standard InChI is InChI=1S/C20H26N2O3.ClH/c1-24-17-4-5-18-15(13-25-19(18)11-17)10-20(23)22-8-6-16(7-9-22)21-12-14-2-3-14;/h4-5,11,13-14,16,21H,2-3,6-10,12H2,1H3;1H. The number of furan rings is 1. The van der Waals surface area contributed by atoms with Crippen molar-refractivity contribution < 1.29 is 13.9 Å². The number of hydrogen-bond donors (Lipinski definition) is 1. The fraction of sp³-hybridized carbons (Fsp3) is 0.550. The zero-order chi connectivity index (χ0) is 17.2. The van der Waals surface area contributed by atoms with Crippen molar-refractivity contribution in [2.24, 2.45) is 5.92 Å². The Labute approximate surface area is 160 Å². The first-order valence-electron chi connectivity index (χ1n) is 9.28. The van der Waals surface area contributed by atoms with E-state index in [1.165, 1.54) is 12.8 Å². The number of methoxy groups -OCH3 is 1. The van der Waals surface area contributed by atoms with E-state index in [2.05, 4.69) is 5.32 Å². The van der Waals surface area contributed by atoms with Gasteiger partial charge in [0, 0.05) is 36.1 Å². The van der Waals surface area contributed by atoms with Gasteiger partial charge < -0.3 is 19.4 Å². The number of hydrogen-bond acceptors (Lipinski definition) is 4. The van der Waals surface area contributed by atoms with Gasteiger partial charge in [0.05, 0.1) is 19.8 Å². The number of amides is 1. The fourth-order valence-corrected chi connectivity index (χ4v) is 3.59. The number of ether oxygens (including phenoxy) is 1. The summed E-state index contributed by atoms with van der Waals surface area (Å²) in [5, 5.41) is 4.65. The second-order valence-electron chi connectivity index (χ2n) is 7.31. The molecule has 0 unspecified atom stereocenters. The Hall–Kier alpha value is -1.72. The van der Waals surface area contributed by atoms with Crippen LogP contribution < -0.4 is 10.1 Å². The minimum absolute atomic E-state index is 0. The Morgan fingerprint density at radius 3 is 2.73 bits per heavy atom. The molecule has 2 heterocycles. The molecule has 142 valence electrons. The first kappa shape index (κ1) is 19.1. The Balaban J connectivity index is 0.00000196. The molecule has 1 saturated carbocycles. The molecular formula is C20H27ClN2O3. The number of carbonyl (C=O) groups is 1. The number of fused-ring (bicyclic) bond motifs is 1. The quantitative estimate of drug-likeness (QED) is 0.837. The third-order valence-corrected chi connectivity index (χ3v) is 5.44. The molecule has 0 atom stereocenters. The molecule has 1 N–H and O–H groups in total. The Morgan fingerprint density at radius 2 is 2.04 bits per heavy atom. The molecule has 0 radical (unpaired) electrons. The Kier molecular flexibility index (Phi) is 6.09. The van der Waals surface area contributed by atoms with Gasteiger partial charge >= 0.3 is 0 Å². The van der Waals surface area contributed by atoms with Crippen molar-refractivity contribution >= 4 is 29.3 Å². The monoisotopic (exact) mass is 378 g/mol. The van der Waals surface area contributed by atoms with Crippen LogP contribution in [0.15, 0.2) is 28.9 Å². The second-order valence-corrected chi connectivity index (χ2v) is 7.31. The summed E-state index contributed by atoms with van der Waals surface area (Å²) in [4.78, 5) is 14.7. The molecule has 2 fully saturated rings. The highest BCUT2D eigenvalue weighted by atomic mass is 35.5. The summed E-state index contributed by atoms with van der Waals surface area (Å²) in [6, 6.07) is 6.31. The molecule has 26 heavy (non-hydrogen) atoms. The first-order valence-corrected chi connectivity index (χ1v) is 9.28. The molecule has 1 saturated heterocycles. The lowest BCUT2D eigenvalue weighted by molar-refractivity contribution is -0.131. The van der Waals surface area contributed by atoms with Crippen molar-refractivity contribution in [3.63, 3.8) is 0 Å². The zero-order valence-electron chi connectivity index (χ0n) is 15.2. The molecular weight excluding hydrogens is 352 g/mol. The first-order chi connectivity index (χ1) is 12.2. The van der Waals surface area contributed by atoms with Gasteiger partial charge in [-0.15, -0.1) is 12.4 Å². The average molecular weight is 379 g/mol. The number of rotatable bonds is 6. The van der Waals surface area contributed by atoms with Crippen LogP contribution in [-0.2, 0) is 11.2 Å². The van der Waals surface area contributed by atoms with Crippen LogP contribution in [0.3, 0.4) is 0 Å². The fourth-order valence-electron chi connectivity index (χ4n) is 3.59. The van der Waals surface area contributed by atoms with E-state index >= 15 is 0 Å². The summed E-state index contributed by atoms with van der Waals surface area (Å²) in [5.74, 6) is 1.87. The number of piperidine rings is 1. The number of benzene rings is 1. The van der Waals surface area contributed by atoms with Crippen LogP contribution in [-0.4, -0.2) is 43.6 Å². The maximum atomic E-state index is 12.7. The Bertz CT molecular complexity index is 749. The summed E-state index contributed by atoms with van der Waals surface area (Å²) in [7, 11) is 1.64. The van der Waals surface area contributed by atoms with E-state index < -0.39 is 0 Å². The van der Waals surface area contributed by atoms with Crippen LogP contribution in [0.5, 0.6) is 5.75 Å². The van der Waals surface area contributed by atoms with E-state index in [4.69, 9.17) is 9.15 Å². The van der Waals surface area contributed by atoms with Gasteiger partial charge in [0.25, 0.3) is 0 Å². The normalized spacial score (nSPS) is 18.0. The highest BCUT2D eigenvalue weighted by Gasteiger charge is 2.26. The smallest absolute Gasteiger partial charge is 0.227 e. The van der Waals surface area contributed by atoms with Crippen molar-refractivity contribution in [2.75, 3.05) is 26.7 Å². The van der Waals surface area contributed by atoms with E-state index in [9.17, 15) is 4.79 Å². The van der Waals surface area contributed by atoms with Crippen molar-refractivity contribution in [3.05, 3.63) is 30.0 Å². The van der Waals surface area contributed by atoms with E-state index in [1.54, 1.807) is 13.4 Å². The third kappa shape index (κ3) is 4.33. The minimum atomic E-state index is 0. The molecule has 1 aliphatic carbocycles. The highest BCUT2D eigenvalue weighted by Crippen LogP contribution is 2.28. The van der Waals surface area contributed by atoms with Crippen LogP contribution >= 0.6 is 12.4 Å². The predicted molar refractivity (Wildman–Crippen MR) is 104 cm³/mol. The van der Waals surface area contributed by atoms with E-state index in [0.717, 1.165) is 60.7 Å². The van der Waals surface area contributed by atoms with Crippen molar-refractivity contribution in [3.8, 4) is 5.75 Å². The molecule has 2 aliphatic rings. The number of nitrogens with zero attached hydrogens (tertiary/aromatic N) is 1. The van der Waals surface area contributed by atoms with Gasteiger partial charge in [-0.1, -0.05) is 0 Å². The molecule has 6 heteroatoms. The predicted octanol–water partition coefficient (Wildman–Crippen LogP) is 3.40. The third-order valence-electron chi connectivity index (χ3n) is 5.44. The molecule has 4 rings (SSSR count). The van der Waals surface area contributed by atoms with Gasteiger partial charge in [-0.25, -0.2) is 0 Å². The summed E-state index contributed by atoms with van der Waals surface area (Å²) in [6.45, 7) is 2.86. The summed E-state index contributed by atoms with van der Waals surface area (Å²) < 4.78 is 10.8. The summed E-state index contributed by atoms with van der Waals surface area (Å²) in [6.07, 6.45) is 6.98. The van der Waals surface area contributed by atoms with Gasteiger partial charge in [0.1, 0.15) is 11.3 Å². The van der Waals surface area contributed by atoms with Gasteiger partial charge in [0.15, 0.2) is 0 Å². The van der Waals surface area contributed by atoms with E-state index in [-0.39, 0.29) is 18.3 Å². The van der Waals surface area contributed by atoms with Gasteiger partial charge in [-0.3, -0.25) is 4.79 Å². The lowest BCUT2D eigenvalue weighted by atomic mass is 10.0. The number of halogens is 1. The van der Waals surface area contributed by atoms with Crippen LogP contribution in [0.1, 0.15) is 31.2 Å². The molecule has 5 nitrogen and oxygen atoms in total. The van der Waals surface area contributed by atoms with Crippen molar-refractivity contribution in [1.82, 2.24) is 10.2 Å². The molecule has 0 spiro atoms. The highest BCUT2D eigenvalue weighted by molar-refractivity contribution is 5.88. The molecule has 2 aromatic rings. The average Bonchev–Trinajstić information content (AvgIpc) is 3.40. The maximum Gasteiger partial charge on any atom is 0.227 e. The van der Waals surface area contributed by atoms with Crippen LogP contribution in [0, 0.1) is 5.92 Å². The molecule has 1 aromatic heterocycles. The van der Waals surface area contributed by atoms with Gasteiger partial charge in [-0.05, 0) is 50.3 Å². The minimum Gasteiger partial charge on any atom is -0.497 e. The van der Waals surface area contributed by atoms with Crippen LogP contribution in [0.25, 0.3) is 11.0 Å². The van der Waals surface area contributed by atoms with E-state index in [1.807, 2.05) is 23.1 Å². The molecule has 1 aliphatic heterocycles. The zero-order valence-corrected chi connectivity index (χ0v) is 16.0. The maximum absolute atomic E-state index is 12.7. The molecule has 0 bridgehead atoms. The largest absolute Gasteiger partial charge is 0.497 e. The Morgan fingerprint density at radius 1 is 1.27 bits per heavy atom. The topological polar surface area (TPSA) is 54.7 Å². The lowest BCUT2D eigenvalue weighted by Crippen LogP contribution is -2.45. The van der Waals surface area contributed by atoms with E-state index in [0.29, 0.717) is 12.5 Å². The van der Waals surface area contributed by atoms with Crippen LogP contribution in [0.2, 0.25) is 0 Å². The summed E-state index contributed by atoms with van der Waals surface area (Å²) in [5.41, 5.74) is 1.72. The number of nitrogens with one attached hydrogen (secondary N) is 1. The number of likely N-dealkylation sites (tertiary alicyclic amines) is 1. The van der Waals surface area contributed by atoms with Gasteiger partial charge in [0.2, 0.25) is 5.91 Å².